The molecule has 2 heterocycles. The Morgan fingerprint density at radius 3 is 1.95 bits per heavy atom. The molecular formula is C14H12N2O6. The first-order valence-electron chi connectivity index (χ1n) is 6.63. The molecule has 0 aliphatic heterocycles. The lowest BCUT2D eigenvalue weighted by Gasteiger charge is -2.01. The normalized spacial score (nSPS) is 11.7. The van der Waals surface area contributed by atoms with E-state index < -0.39 is 22.2 Å². The van der Waals surface area contributed by atoms with Crippen molar-refractivity contribution in [3.63, 3.8) is 0 Å². The summed E-state index contributed by atoms with van der Waals surface area (Å²) in [6, 6.07) is 2.55. The number of aliphatic hydroxyl groups excluding tert-OH is 1. The highest BCUT2D eigenvalue weighted by atomic mass is 16.5. The van der Waals surface area contributed by atoms with Crippen LogP contribution >= 0.6 is 0 Å². The predicted molar refractivity (Wildman–Crippen MR) is 79.2 cm³/mol. The zero-order valence-corrected chi connectivity index (χ0v) is 11.4. The molecule has 0 saturated carbocycles. The first-order valence-corrected chi connectivity index (χ1v) is 6.63. The molecule has 3 rings (SSSR count). The molecule has 0 spiro atoms. The van der Waals surface area contributed by atoms with Crippen LogP contribution in [0.25, 0.3) is 21.5 Å². The van der Waals surface area contributed by atoms with Crippen LogP contribution in [0.5, 0.6) is 0 Å². The van der Waals surface area contributed by atoms with Crippen molar-refractivity contribution < 1.29 is 9.84 Å². The Morgan fingerprint density at radius 2 is 1.45 bits per heavy atom. The molecule has 2 aromatic heterocycles. The third-order valence-electron chi connectivity index (χ3n) is 3.52. The van der Waals surface area contributed by atoms with Crippen molar-refractivity contribution in [3.8, 4) is 0 Å². The highest BCUT2D eigenvalue weighted by Gasteiger charge is 2.16. The third kappa shape index (κ3) is 2.09. The van der Waals surface area contributed by atoms with E-state index in [0.29, 0.717) is 0 Å². The van der Waals surface area contributed by atoms with Crippen LogP contribution in [0.15, 0.2) is 31.3 Å². The third-order valence-corrected chi connectivity index (χ3v) is 3.52. The first kappa shape index (κ1) is 14.4. The zero-order valence-electron chi connectivity index (χ0n) is 11.4. The van der Waals surface area contributed by atoms with Gasteiger partial charge in [-0.2, -0.15) is 0 Å². The highest BCUT2D eigenvalue weighted by molar-refractivity contribution is 5.97. The monoisotopic (exact) mass is 304 g/mol. The van der Waals surface area contributed by atoms with Gasteiger partial charge in [0.15, 0.2) is 0 Å². The summed E-state index contributed by atoms with van der Waals surface area (Å²) in [6.07, 6.45) is 0. The lowest BCUT2D eigenvalue weighted by Crippen LogP contribution is -2.27. The van der Waals surface area contributed by atoms with Gasteiger partial charge in [-0.05, 0) is 12.1 Å². The van der Waals surface area contributed by atoms with Crippen molar-refractivity contribution in [1.29, 1.82) is 0 Å². The van der Waals surface area contributed by atoms with Gasteiger partial charge in [0.1, 0.15) is 0 Å². The number of hydrogen-bond acceptors (Lipinski definition) is 6. The lowest BCUT2D eigenvalue weighted by molar-refractivity contribution is 0.0864. The molecule has 0 amide bonds. The van der Waals surface area contributed by atoms with Gasteiger partial charge in [-0.25, -0.2) is 0 Å². The molecule has 0 aliphatic carbocycles. The smallest absolute Gasteiger partial charge is 0.261 e. The van der Waals surface area contributed by atoms with Gasteiger partial charge >= 0.3 is 0 Å². The Morgan fingerprint density at radius 1 is 0.909 bits per heavy atom. The summed E-state index contributed by atoms with van der Waals surface area (Å²) in [5.41, 5.74) is -2.20. The number of hydrogen-bond donors (Lipinski definition) is 2. The topological polar surface area (TPSA) is 118 Å². The van der Waals surface area contributed by atoms with E-state index in [2.05, 4.69) is 4.98 Å². The molecule has 0 atom stereocenters. The van der Waals surface area contributed by atoms with E-state index in [9.17, 15) is 19.2 Å². The number of aromatic nitrogens is 2. The SMILES string of the molecule is O=c1[nH]c(=O)c2cc3c(=O)n(CCOCCO)c(=O)c3cc12. The minimum absolute atomic E-state index is 0.0388. The molecule has 22 heavy (non-hydrogen) atoms. The van der Waals surface area contributed by atoms with Crippen molar-refractivity contribution in [3.05, 3.63) is 53.5 Å². The largest absolute Gasteiger partial charge is 0.394 e. The summed E-state index contributed by atoms with van der Waals surface area (Å²) < 4.78 is 6.04. The van der Waals surface area contributed by atoms with E-state index in [-0.39, 0.29) is 47.9 Å². The second-order valence-electron chi connectivity index (χ2n) is 4.82. The van der Waals surface area contributed by atoms with Crippen LogP contribution in [0.4, 0.5) is 0 Å². The Labute approximate surface area is 121 Å². The lowest BCUT2D eigenvalue weighted by atomic mass is 10.1. The Kier molecular flexibility index (Phi) is 3.47. The number of fused-ring (bicyclic) bond motifs is 2. The molecule has 0 saturated heterocycles. The molecular weight excluding hydrogens is 292 g/mol. The molecule has 2 N–H and O–H groups in total. The predicted octanol–water partition coefficient (Wildman–Crippen LogP) is -1.55. The number of benzene rings is 1. The van der Waals surface area contributed by atoms with Gasteiger partial charge < -0.3 is 9.84 Å². The summed E-state index contributed by atoms with van der Waals surface area (Å²) in [7, 11) is 0. The maximum absolute atomic E-state index is 12.2. The fourth-order valence-corrected chi connectivity index (χ4v) is 2.48. The zero-order chi connectivity index (χ0) is 15.9. The number of ether oxygens (including phenoxy) is 1. The van der Waals surface area contributed by atoms with Crippen LogP contribution in [0.1, 0.15) is 0 Å². The molecule has 0 unspecified atom stereocenters. The summed E-state index contributed by atoms with van der Waals surface area (Å²) >= 11 is 0. The van der Waals surface area contributed by atoms with Crippen molar-refractivity contribution in [2.45, 2.75) is 6.54 Å². The van der Waals surface area contributed by atoms with Crippen LogP contribution in [0.2, 0.25) is 0 Å². The molecule has 0 fully saturated rings. The van der Waals surface area contributed by atoms with Gasteiger partial charge in [0.25, 0.3) is 22.2 Å². The standard InChI is InChI=1S/C14H12N2O6/c17-2-4-22-3-1-16-13(20)9-5-7-8(6-10(9)14(16)21)12(19)15-11(7)18/h5-6,17H,1-4H2,(H,15,18,19). The maximum Gasteiger partial charge on any atom is 0.261 e. The summed E-state index contributed by atoms with van der Waals surface area (Å²) in [5.74, 6) is 0. The van der Waals surface area contributed by atoms with Crippen LogP contribution in [0.3, 0.4) is 0 Å². The first-order chi connectivity index (χ1) is 10.5. The van der Waals surface area contributed by atoms with Gasteiger partial charge in [-0.1, -0.05) is 0 Å². The van der Waals surface area contributed by atoms with E-state index in [1.165, 1.54) is 12.1 Å². The van der Waals surface area contributed by atoms with E-state index in [1.54, 1.807) is 0 Å². The second-order valence-corrected chi connectivity index (χ2v) is 4.82. The number of aromatic amines is 1. The maximum atomic E-state index is 12.2. The van der Waals surface area contributed by atoms with Gasteiger partial charge in [0.2, 0.25) is 0 Å². The highest BCUT2D eigenvalue weighted by Crippen LogP contribution is 2.13. The van der Waals surface area contributed by atoms with E-state index in [1.807, 2.05) is 0 Å². The van der Waals surface area contributed by atoms with Crippen molar-refractivity contribution in [1.82, 2.24) is 9.55 Å². The molecule has 3 aromatic rings. The molecule has 0 bridgehead atoms. The van der Waals surface area contributed by atoms with E-state index >= 15 is 0 Å². The minimum atomic E-state index is -0.576. The van der Waals surface area contributed by atoms with Crippen molar-refractivity contribution in [2.24, 2.45) is 0 Å². The van der Waals surface area contributed by atoms with Gasteiger partial charge in [-0.3, -0.25) is 28.7 Å². The quantitative estimate of drug-likeness (QED) is 0.551. The van der Waals surface area contributed by atoms with Crippen molar-refractivity contribution in [2.75, 3.05) is 19.8 Å². The Balaban J connectivity index is 2.16. The van der Waals surface area contributed by atoms with Crippen LogP contribution in [0, 0.1) is 0 Å². The number of aliphatic hydroxyl groups is 1. The summed E-state index contributed by atoms with van der Waals surface area (Å²) in [4.78, 5) is 49.8. The summed E-state index contributed by atoms with van der Waals surface area (Å²) in [5, 5.41) is 9.02. The van der Waals surface area contributed by atoms with Crippen LogP contribution < -0.4 is 22.2 Å². The van der Waals surface area contributed by atoms with Crippen LogP contribution in [-0.2, 0) is 11.3 Å². The average molecular weight is 304 g/mol. The molecule has 8 heteroatoms. The summed E-state index contributed by atoms with van der Waals surface area (Å²) in [6.45, 7) is 0.112. The number of nitrogens with zero attached hydrogens (tertiary/aromatic N) is 1. The molecule has 1 aromatic carbocycles. The average Bonchev–Trinajstić information content (AvgIpc) is 2.91. The molecule has 8 nitrogen and oxygen atoms in total. The van der Waals surface area contributed by atoms with Gasteiger partial charge in [0.05, 0.1) is 47.9 Å². The van der Waals surface area contributed by atoms with Gasteiger partial charge in [-0.15, -0.1) is 0 Å². The minimum Gasteiger partial charge on any atom is -0.394 e. The van der Waals surface area contributed by atoms with E-state index in [0.717, 1.165) is 4.57 Å². The Hall–Kier alpha value is -2.58. The number of H-pyrrole nitrogens is 1. The van der Waals surface area contributed by atoms with Crippen LogP contribution in [-0.4, -0.2) is 34.5 Å². The molecule has 0 aliphatic rings. The van der Waals surface area contributed by atoms with Gasteiger partial charge in [0, 0.05) is 0 Å². The molecule has 114 valence electrons. The van der Waals surface area contributed by atoms with E-state index in [4.69, 9.17) is 9.84 Å². The molecule has 0 radical (unpaired) electrons. The second kappa shape index (κ2) is 5.32. The Bertz CT molecular complexity index is 976. The fourth-order valence-electron chi connectivity index (χ4n) is 2.48. The fraction of sp³-hybridized carbons (Fsp3) is 0.286. The number of nitrogens with one attached hydrogen (secondary N) is 1. The van der Waals surface area contributed by atoms with Crippen molar-refractivity contribution >= 4 is 21.5 Å². The number of rotatable bonds is 5.